The lowest BCUT2D eigenvalue weighted by atomic mass is 10.2. The number of anilines is 1. The number of aromatic nitrogens is 3. The number of halogens is 1. The molecule has 0 unspecified atom stereocenters. The Bertz CT molecular complexity index is 1470. The zero-order valence-electron chi connectivity index (χ0n) is 21.2. The highest BCUT2D eigenvalue weighted by Gasteiger charge is 2.17. The fraction of sp³-hybridized carbons (Fsp3) is 0.222. The lowest BCUT2D eigenvalue weighted by Crippen LogP contribution is -2.20. The summed E-state index contributed by atoms with van der Waals surface area (Å²) in [4.78, 5) is 12.4. The number of hydrogen-bond acceptors (Lipinski definition) is 7. The Morgan fingerprint density at radius 3 is 2.61 bits per heavy atom. The van der Waals surface area contributed by atoms with Gasteiger partial charge in [0.05, 0.1) is 30.8 Å². The lowest BCUT2D eigenvalue weighted by Gasteiger charge is -2.16. The molecule has 4 rings (SSSR count). The molecule has 0 bridgehead atoms. The van der Waals surface area contributed by atoms with Crippen molar-refractivity contribution >= 4 is 35.4 Å². The van der Waals surface area contributed by atoms with Gasteiger partial charge in [-0.15, -0.1) is 0 Å². The summed E-state index contributed by atoms with van der Waals surface area (Å²) >= 11 is 12.0. The number of para-hydroxylation sites is 1. The van der Waals surface area contributed by atoms with Crippen molar-refractivity contribution in [3.8, 4) is 28.6 Å². The first kappa shape index (κ1) is 27.0. The Labute approximate surface area is 230 Å². The average Bonchev–Trinajstić information content (AvgIpc) is 3.28. The molecule has 38 heavy (non-hydrogen) atoms. The predicted octanol–water partition coefficient (Wildman–Crippen LogP) is 5.74. The third-order valence-corrected chi connectivity index (χ3v) is 6.07. The van der Waals surface area contributed by atoms with Crippen molar-refractivity contribution in [1.29, 1.82) is 0 Å². The molecule has 3 N–H and O–H groups in total. The van der Waals surface area contributed by atoms with E-state index >= 15 is 0 Å². The van der Waals surface area contributed by atoms with Gasteiger partial charge in [-0.05, 0) is 68.0 Å². The van der Waals surface area contributed by atoms with Gasteiger partial charge in [0, 0.05) is 5.69 Å². The second kappa shape index (κ2) is 12.5. The highest BCUT2D eigenvalue weighted by atomic mass is 35.5. The molecule has 0 saturated heterocycles. The average molecular weight is 554 g/mol. The number of carbonyl (C=O) groups is 1. The molecule has 4 aromatic rings. The van der Waals surface area contributed by atoms with E-state index < -0.39 is 0 Å². The highest BCUT2D eigenvalue weighted by Crippen LogP contribution is 2.37. The number of rotatable bonds is 11. The molecular formula is C27H28ClN5O4S. The number of ether oxygens (including phenoxy) is 3. The van der Waals surface area contributed by atoms with Crippen molar-refractivity contribution in [3.63, 3.8) is 0 Å². The van der Waals surface area contributed by atoms with Gasteiger partial charge < -0.3 is 25.0 Å². The van der Waals surface area contributed by atoms with E-state index in [4.69, 9.17) is 38.0 Å². The largest absolute Gasteiger partial charge is 0.496 e. The third-order valence-electron chi connectivity index (χ3n) is 5.51. The number of H-pyrrole nitrogens is 1. The van der Waals surface area contributed by atoms with Crippen LogP contribution in [0.1, 0.15) is 18.1 Å². The summed E-state index contributed by atoms with van der Waals surface area (Å²) in [6.07, 6.45) is 0. The van der Waals surface area contributed by atoms with Gasteiger partial charge in [0.25, 0.3) is 5.91 Å². The Morgan fingerprint density at radius 1 is 1.11 bits per heavy atom. The molecule has 0 radical (unpaired) electrons. The summed E-state index contributed by atoms with van der Waals surface area (Å²) in [5, 5.41) is 10.3. The molecule has 0 saturated carbocycles. The summed E-state index contributed by atoms with van der Waals surface area (Å²) in [6, 6.07) is 18.6. The monoisotopic (exact) mass is 553 g/mol. The summed E-state index contributed by atoms with van der Waals surface area (Å²) in [7, 11) is 1.60. The van der Waals surface area contributed by atoms with E-state index in [1.165, 1.54) is 0 Å². The first-order valence-electron chi connectivity index (χ1n) is 11.9. The number of carbonyl (C=O) groups excluding carboxylic acids is 1. The molecule has 1 aromatic heterocycles. The fourth-order valence-corrected chi connectivity index (χ4v) is 4.21. The third kappa shape index (κ3) is 6.45. The van der Waals surface area contributed by atoms with Crippen LogP contribution in [0.3, 0.4) is 0 Å². The van der Waals surface area contributed by atoms with E-state index in [0.29, 0.717) is 51.7 Å². The highest BCUT2D eigenvalue weighted by molar-refractivity contribution is 7.71. The van der Waals surface area contributed by atoms with Gasteiger partial charge in [0.15, 0.2) is 23.9 Å². The van der Waals surface area contributed by atoms with Crippen LogP contribution in [-0.4, -0.2) is 41.1 Å². The van der Waals surface area contributed by atoms with E-state index in [1.807, 2.05) is 68.4 Å². The molecule has 11 heteroatoms. The number of nitrogens with one attached hydrogen (secondary N) is 3. The summed E-state index contributed by atoms with van der Waals surface area (Å²) in [5.74, 6) is 1.66. The van der Waals surface area contributed by atoms with Crippen molar-refractivity contribution in [3.05, 3.63) is 81.6 Å². The molecule has 3 aromatic carbocycles. The van der Waals surface area contributed by atoms with Crippen molar-refractivity contribution in [2.75, 3.05) is 31.1 Å². The minimum atomic E-state index is -0.309. The summed E-state index contributed by atoms with van der Waals surface area (Å²) in [5.41, 5.74) is 6.64. The predicted molar refractivity (Wildman–Crippen MR) is 150 cm³/mol. The molecule has 1 heterocycles. The van der Waals surface area contributed by atoms with Gasteiger partial charge in [-0.2, -0.15) is 5.10 Å². The zero-order chi connectivity index (χ0) is 27.1. The maximum atomic E-state index is 12.4. The minimum Gasteiger partial charge on any atom is -0.496 e. The van der Waals surface area contributed by atoms with Crippen LogP contribution in [0.15, 0.2) is 60.7 Å². The van der Waals surface area contributed by atoms with Crippen LogP contribution in [0.25, 0.3) is 11.4 Å². The first-order valence-corrected chi connectivity index (χ1v) is 12.7. The fourth-order valence-electron chi connectivity index (χ4n) is 3.72. The lowest BCUT2D eigenvalue weighted by molar-refractivity contribution is -0.118. The van der Waals surface area contributed by atoms with Gasteiger partial charge >= 0.3 is 0 Å². The molecule has 9 nitrogen and oxygen atoms in total. The van der Waals surface area contributed by atoms with Crippen molar-refractivity contribution in [1.82, 2.24) is 14.9 Å². The Balaban J connectivity index is 1.49. The maximum Gasteiger partial charge on any atom is 0.262 e. The number of hydrogen-bond donors (Lipinski definition) is 3. The van der Waals surface area contributed by atoms with E-state index in [0.717, 1.165) is 16.7 Å². The quantitative estimate of drug-likeness (QED) is 0.204. The van der Waals surface area contributed by atoms with Crippen LogP contribution in [0.2, 0.25) is 5.02 Å². The van der Waals surface area contributed by atoms with E-state index in [-0.39, 0.29) is 12.5 Å². The first-order chi connectivity index (χ1) is 18.4. The van der Waals surface area contributed by atoms with Gasteiger partial charge in [0.2, 0.25) is 4.77 Å². The second-order valence-corrected chi connectivity index (χ2v) is 9.06. The molecule has 198 valence electrons. The molecule has 0 fully saturated rings. The van der Waals surface area contributed by atoms with Crippen LogP contribution in [-0.2, 0) is 11.3 Å². The Kier molecular flexibility index (Phi) is 8.88. The van der Waals surface area contributed by atoms with Gasteiger partial charge in [-0.1, -0.05) is 41.4 Å². The number of amides is 1. The SMILES string of the molecule is CCOc1cc(CNn2c(-c3ccccc3OC)n[nH]c2=S)cc(Cl)c1OCC(=O)Nc1ccc(C)cc1. The Hall–Kier alpha value is -4.02. The molecule has 0 aliphatic rings. The number of benzene rings is 3. The molecule has 1 amide bonds. The van der Waals surface area contributed by atoms with Crippen LogP contribution in [0, 0.1) is 11.7 Å². The van der Waals surface area contributed by atoms with Crippen LogP contribution in [0.5, 0.6) is 17.2 Å². The maximum absolute atomic E-state index is 12.4. The van der Waals surface area contributed by atoms with Crippen molar-refractivity contribution in [2.24, 2.45) is 0 Å². The molecular weight excluding hydrogens is 526 g/mol. The molecule has 0 atom stereocenters. The topological polar surface area (TPSA) is 102 Å². The Morgan fingerprint density at radius 2 is 1.87 bits per heavy atom. The number of nitrogens with zero attached hydrogens (tertiary/aromatic N) is 2. The van der Waals surface area contributed by atoms with Crippen molar-refractivity contribution < 1.29 is 19.0 Å². The molecule has 0 aliphatic heterocycles. The number of aryl methyl sites for hydroxylation is 1. The molecule has 0 spiro atoms. The van der Waals surface area contributed by atoms with Gasteiger partial charge in [-0.25, -0.2) is 9.77 Å². The normalized spacial score (nSPS) is 10.6. The van der Waals surface area contributed by atoms with E-state index in [2.05, 4.69) is 20.9 Å². The van der Waals surface area contributed by atoms with Crippen LogP contribution in [0.4, 0.5) is 5.69 Å². The second-order valence-electron chi connectivity index (χ2n) is 8.26. The van der Waals surface area contributed by atoms with Crippen LogP contribution < -0.4 is 25.0 Å². The summed E-state index contributed by atoms with van der Waals surface area (Å²) < 4.78 is 19.1. The van der Waals surface area contributed by atoms with Gasteiger partial charge in [0.1, 0.15) is 5.75 Å². The smallest absolute Gasteiger partial charge is 0.262 e. The number of aromatic amines is 1. The summed E-state index contributed by atoms with van der Waals surface area (Å²) in [6.45, 7) is 4.36. The number of methoxy groups -OCH3 is 1. The van der Waals surface area contributed by atoms with E-state index in [9.17, 15) is 4.79 Å². The zero-order valence-corrected chi connectivity index (χ0v) is 22.8. The minimum absolute atomic E-state index is 0.224. The molecule has 0 aliphatic carbocycles. The van der Waals surface area contributed by atoms with Crippen molar-refractivity contribution in [2.45, 2.75) is 20.4 Å². The van der Waals surface area contributed by atoms with Gasteiger partial charge in [-0.3, -0.25) is 4.79 Å². The standard InChI is InChI=1S/C27H28ClN5O4S/c1-4-36-23-14-18(13-21(28)25(23)37-16-24(34)30-19-11-9-17(2)10-12-19)15-29-33-26(31-32-27(33)38)20-7-5-6-8-22(20)35-3/h5-14,29H,4,15-16H2,1-3H3,(H,30,34)(H,32,38). The van der Waals surface area contributed by atoms with E-state index in [1.54, 1.807) is 17.9 Å². The van der Waals surface area contributed by atoms with Crippen LogP contribution >= 0.6 is 23.8 Å².